The third-order valence-electron chi connectivity index (χ3n) is 11.2. The van der Waals surface area contributed by atoms with Gasteiger partial charge in [0.15, 0.2) is 0 Å². The zero-order chi connectivity index (χ0) is 22.9. The van der Waals surface area contributed by atoms with Crippen molar-refractivity contribution >= 4 is 0 Å². The Bertz CT molecular complexity index is 559. The number of rotatable bonds is 0. The Hall–Kier alpha value is -0.160. The quantitative estimate of drug-likeness (QED) is 0.502. The Morgan fingerprint density at radius 1 is 0.394 bits per heavy atom. The van der Waals surface area contributed by atoms with Crippen molar-refractivity contribution in [2.75, 3.05) is 41.3 Å². The minimum Gasteiger partial charge on any atom is -0.303 e. The van der Waals surface area contributed by atoms with Crippen molar-refractivity contribution in [2.45, 2.75) is 133 Å². The summed E-state index contributed by atoms with van der Waals surface area (Å²) in [5.74, 6) is 2.15. The third-order valence-corrected chi connectivity index (χ3v) is 11.2. The minimum absolute atomic E-state index is 0.962. The van der Waals surface area contributed by atoms with Crippen LogP contribution in [0.4, 0.5) is 0 Å². The van der Waals surface area contributed by atoms with Crippen molar-refractivity contribution in [3.05, 3.63) is 0 Å². The van der Waals surface area contributed by atoms with E-state index < -0.39 is 0 Å². The number of nitrogens with zero attached hydrogens (tertiary/aromatic N) is 4. The molecule has 4 unspecified atom stereocenters. The van der Waals surface area contributed by atoms with Crippen LogP contribution >= 0.6 is 0 Å². The smallest absolute Gasteiger partial charge is 0.00963 e. The average Bonchev–Trinajstić information content (AvgIpc) is 3.68. The van der Waals surface area contributed by atoms with Gasteiger partial charge in [0.2, 0.25) is 0 Å². The fourth-order valence-corrected chi connectivity index (χ4v) is 8.89. The summed E-state index contributed by atoms with van der Waals surface area (Å²) in [6.07, 6.45) is 22.2. The SMILES string of the molecule is CN1C2CCC1CC2.CN1C2CCCC1CC2.CN1CC2CCC1C2.CN1C[C@@H]2CC[C@H]1C2. The molecular formula is C29H54N4. The number of hydrogen-bond donors (Lipinski definition) is 0. The van der Waals surface area contributed by atoms with Gasteiger partial charge in [-0.1, -0.05) is 6.42 Å². The third kappa shape index (κ3) is 5.65. The van der Waals surface area contributed by atoms with Gasteiger partial charge in [0.25, 0.3) is 0 Å². The molecule has 6 saturated heterocycles. The van der Waals surface area contributed by atoms with Crippen molar-refractivity contribution in [3.8, 4) is 0 Å². The van der Waals surface area contributed by atoms with Gasteiger partial charge in [0.1, 0.15) is 0 Å². The zero-order valence-electron chi connectivity index (χ0n) is 22.4. The standard InChI is InChI=1S/C8H15N.3C7H13N/c1-9-7-3-2-4-8(9)6-5-7;2*1-8-5-6-2-3-7(8)4-6;1-8-6-2-3-7(8)5-4-6/h7-8H,2-6H2,1H3;3*6-7H,2-5H2,1H3/t;6-,7+;;/m.1../s1. The van der Waals surface area contributed by atoms with Crippen LogP contribution in [0.2, 0.25) is 0 Å². The summed E-state index contributed by atoms with van der Waals surface area (Å²) in [7, 11) is 9.07. The summed E-state index contributed by atoms with van der Waals surface area (Å²) < 4.78 is 0. The molecule has 0 aromatic rings. The summed E-state index contributed by atoms with van der Waals surface area (Å²) in [5, 5.41) is 0. The lowest BCUT2D eigenvalue weighted by Crippen LogP contribution is -2.35. The van der Waals surface area contributed by atoms with Crippen LogP contribution in [0.5, 0.6) is 0 Å². The molecule has 6 aliphatic heterocycles. The van der Waals surface area contributed by atoms with Gasteiger partial charge < -0.3 is 19.6 Å². The molecule has 2 aliphatic carbocycles. The minimum atomic E-state index is 0.962. The van der Waals surface area contributed by atoms with Crippen molar-refractivity contribution in [2.24, 2.45) is 11.8 Å². The number of piperidine rings is 3. The Kier molecular flexibility index (Phi) is 8.06. The van der Waals surface area contributed by atoms with E-state index in [2.05, 4.69) is 47.8 Å². The molecule has 0 spiro atoms. The summed E-state index contributed by atoms with van der Waals surface area (Å²) in [4.78, 5) is 10.2. The molecular weight excluding hydrogens is 404 g/mol. The Morgan fingerprint density at radius 2 is 0.727 bits per heavy atom. The molecule has 8 aliphatic rings. The van der Waals surface area contributed by atoms with Crippen LogP contribution < -0.4 is 0 Å². The molecule has 6 heterocycles. The predicted molar refractivity (Wildman–Crippen MR) is 140 cm³/mol. The number of hydrogen-bond acceptors (Lipinski definition) is 4. The van der Waals surface area contributed by atoms with Gasteiger partial charge in [-0.3, -0.25) is 0 Å². The summed E-state index contributed by atoms with van der Waals surface area (Å²) in [6, 6.07) is 5.81. The molecule has 4 nitrogen and oxygen atoms in total. The molecule has 8 fully saturated rings. The Balaban J connectivity index is 0.0000000923. The van der Waals surface area contributed by atoms with Gasteiger partial charge in [0.05, 0.1) is 0 Å². The molecule has 0 amide bonds. The van der Waals surface area contributed by atoms with Crippen LogP contribution in [0.1, 0.15) is 96.3 Å². The molecule has 0 aromatic carbocycles. The molecule has 0 aromatic heterocycles. The second-order valence-electron chi connectivity index (χ2n) is 13.2. The largest absolute Gasteiger partial charge is 0.303 e. The van der Waals surface area contributed by atoms with Crippen LogP contribution in [0.15, 0.2) is 0 Å². The van der Waals surface area contributed by atoms with E-state index in [1.165, 1.54) is 109 Å². The summed E-state index contributed by atoms with van der Waals surface area (Å²) >= 11 is 0. The summed E-state index contributed by atoms with van der Waals surface area (Å²) in [6.45, 7) is 2.76. The highest BCUT2D eigenvalue weighted by atomic mass is 15.2. The van der Waals surface area contributed by atoms with Gasteiger partial charge in [-0.25, -0.2) is 0 Å². The normalized spacial score (nSPS) is 45.5. The fraction of sp³-hybridized carbons (Fsp3) is 1.00. The van der Waals surface area contributed by atoms with Crippen LogP contribution in [-0.2, 0) is 0 Å². The topological polar surface area (TPSA) is 13.0 Å². The van der Waals surface area contributed by atoms with Crippen molar-refractivity contribution in [1.29, 1.82) is 0 Å². The maximum Gasteiger partial charge on any atom is 0.00963 e. The number of fused-ring (bicyclic) bond motifs is 8. The van der Waals surface area contributed by atoms with Gasteiger partial charge >= 0.3 is 0 Å². The Labute approximate surface area is 205 Å². The van der Waals surface area contributed by atoms with E-state index in [1.807, 2.05) is 0 Å². The average molecular weight is 459 g/mol. The van der Waals surface area contributed by atoms with E-state index in [-0.39, 0.29) is 0 Å². The molecule has 8 rings (SSSR count). The van der Waals surface area contributed by atoms with E-state index >= 15 is 0 Å². The first kappa shape index (κ1) is 24.5. The Morgan fingerprint density at radius 3 is 0.909 bits per heavy atom. The molecule has 6 atom stereocenters. The van der Waals surface area contributed by atoms with Crippen molar-refractivity contribution in [3.63, 3.8) is 0 Å². The highest BCUT2D eigenvalue weighted by molar-refractivity contribution is 4.93. The second kappa shape index (κ2) is 10.8. The van der Waals surface area contributed by atoms with Crippen molar-refractivity contribution < 1.29 is 0 Å². The maximum atomic E-state index is 2.59. The molecule has 0 N–H and O–H groups in total. The molecule has 190 valence electrons. The van der Waals surface area contributed by atoms with Gasteiger partial charge in [-0.15, -0.1) is 0 Å². The van der Waals surface area contributed by atoms with Gasteiger partial charge in [-0.2, -0.15) is 0 Å². The fourth-order valence-electron chi connectivity index (χ4n) is 8.89. The lowest BCUT2D eigenvalue weighted by atomic mass is 10.0. The van der Waals surface area contributed by atoms with Crippen LogP contribution in [0.25, 0.3) is 0 Å². The predicted octanol–water partition coefficient (Wildman–Crippen LogP) is 5.08. The van der Waals surface area contributed by atoms with Crippen LogP contribution in [0.3, 0.4) is 0 Å². The van der Waals surface area contributed by atoms with Gasteiger partial charge in [-0.05, 0) is 130 Å². The molecule has 0 radical (unpaired) electrons. The highest BCUT2D eigenvalue weighted by Gasteiger charge is 2.37. The number of likely N-dealkylation sites (tertiary alicyclic amines) is 2. The first-order valence-electron chi connectivity index (χ1n) is 14.8. The monoisotopic (exact) mass is 458 g/mol. The molecule has 8 bridgehead atoms. The second-order valence-corrected chi connectivity index (χ2v) is 13.2. The van der Waals surface area contributed by atoms with E-state index in [4.69, 9.17) is 0 Å². The first-order chi connectivity index (χ1) is 16.0. The molecule has 33 heavy (non-hydrogen) atoms. The maximum absolute atomic E-state index is 2.59. The lowest BCUT2D eigenvalue weighted by molar-refractivity contribution is 0.179. The summed E-state index contributed by atoms with van der Waals surface area (Å²) in [5.41, 5.74) is 0. The van der Waals surface area contributed by atoms with E-state index in [0.29, 0.717) is 0 Å². The first-order valence-corrected chi connectivity index (χ1v) is 14.8. The molecule has 2 saturated carbocycles. The van der Waals surface area contributed by atoms with E-state index in [9.17, 15) is 0 Å². The van der Waals surface area contributed by atoms with Crippen LogP contribution in [-0.4, -0.2) is 97.1 Å². The van der Waals surface area contributed by atoms with E-state index in [0.717, 1.165) is 48.1 Å². The lowest BCUT2D eigenvalue weighted by Gasteiger charge is -2.30. The van der Waals surface area contributed by atoms with Gasteiger partial charge in [0, 0.05) is 49.3 Å². The van der Waals surface area contributed by atoms with E-state index in [1.54, 1.807) is 0 Å². The van der Waals surface area contributed by atoms with Crippen molar-refractivity contribution in [1.82, 2.24) is 19.6 Å². The van der Waals surface area contributed by atoms with Crippen LogP contribution in [0, 0.1) is 11.8 Å². The zero-order valence-corrected chi connectivity index (χ0v) is 22.4. The highest BCUT2D eigenvalue weighted by Crippen LogP contribution is 2.37. The molecule has 4 heteroatoms.